The van der Waals surface area contributed by atoms with E-state index in [2.05, 4.69) is 0 Å². The first-order chi connectivity index (χ1) is 12.1. The first-order valence-corrected chi connectivity index (χ1v) is 8.55. The van der Waals surface area contributed by atoms with Gasteiger partial charge in [-0.2, -0.15) is 13.2 Å². The monoisotopic (exact) mass is 370 g/mol. The molecule has 1 N–H and O–H groups in total. The Labute approximate surface area is 149 Å². The van der Waals surface area contributed by atoms with Gasteiger partial charge in [-0.05, 0) is 57.1 Å². The van der Waals surface area contributed by atoms with Crippen molar-refractivity contribution in [3.05, 3.63) is 35.4 Å². The van der Waals surface area contributed by atoms with E-state index in [0.717, 1.165) is 25.1 Å². The molecule has 2 heterocycles. The van der Waals surface area contributed by atoms with E-state index in [-0.39, 0.29) is 30.6 Å². The molecule has 26 heavy (non-hydrogen) atoms. The van der Waals surface area contributed by atoms with Gasteiger partial charge in [-0.25, -0.2) is 0 Å². The highest BCUT2D eigenvalue weighted by Gasteiger charge is 2.52. The number of amides is 1. The number of likely N-dealkylation sites (N-methyl/N-ethyl adjacent to an activating group) is 1. The van der Waals surface area contributed by atoms with Gasteiger partial charge in [0.2, 0.25) is 0 Å². The van der Waals surface area contributed by atoms with Gasteiger partial charge in [0.25, 0.3) is 5.91 Å². The smallest absolute Gasteiger partial charge is 0.416 e. The largest absolute Gasteiger partial charge is 0.481 e. The zero-order valence-corrected chi connectivity index (χ0v) is 14.4. The normalized spacial score (nSPS) is 27.1. The summed E-state index contributed by atoms with van der Waals surface area (Å²) in [6, 6.07) is 3.85. The number of aliphatic carboxylic acids is 1. The summed E-state index contributed by atoms with van der Waals surface area (Å²) in [5.41, 5.74) is -1.48. The molecule has 0 aromatic heterocycles. The van der Waals surface area contributed by atoms with Crippen molar-refractivity contribution in [3.63, 3.8) is 0 Å². The van der Waals surface area contributed by atoms with Crippen LogP contribution in [0.25, 0.3) is 0 Å². The van der Waals surface area contributed by atoms with Crippen LogP contribution in [0.15, 0.2) is 24.3 Å². The third-order valence-corrected chi connectivity index (χ3v) is 5.70. The van der Waals surface area contributed by atoms with E-state index in [1.54, 1.807) is 4.90 Å². The van der Waals surface area contributed by atoms with Crippen LogP contribution in [0.1, 0.15) is 35.2 Å². The average Bonchev–Trinajstić information content (AvgIpc) is 2.60. The summed E-state index contributed by atoms with van der Waals surface area (Å²) >= 11 is 0. The number of benzene rings is 1. The van der Waals surface area contributed by atoms with Crippen LogP contribution in [0.5, 0.6) is 0 Å². The second kappa shape index (κ2) is 6.57. The van der Waals surface area contributed by atoms with Crippen molar-refractivity contribution in [2.75, 3.05) is 26.7 Å². The van der Waals surface area contributed by atoms with E-state index < -0.39 is 23.1 Å². The molecule has 1 aromatic rings. The molecule has 0 aliphatic carbocycles. The molecule has 2 atom stereocenters. The van der Waals surface area contributed by atoms with Crippen molar-refractivity contribution >= 4 is 11.9 Å². The van der Waals surface area contributed by atoms with Crippen LogP contribution in [0.3, 0.4) is 0 Å². The number of carbonyl (C=O) groups excluding carboxylic acids is 1. The number of nitrogens with zero attached hydrogens (tertiary/aromatic N) is 2. The average molecular weight is 370 g/mol. The maximum atomic E-state index is 12.7. The van der Waals surface area contributed by atoms with Crippen molar-refractivity contribution < 1.29 is 27.9 Å². The fourth-order valence-corrected chi connectivity index (χ4v) is 4.15. The number of carboxylic acids is 1. The van der Waals surface area contributed by atoms with E-state index in [1.807, 2.05) is 11.9 Å². The van der Waals surface area contributed by atoms with E-state index in [9.17, 15) is 27.9 Å². The van der Waals surface area contributed by atoms with Crippen LogP contribution in [0, 0.1) is 5.41 Å². The summed E-state index contributed by atoms with van der Waals surface area (Å²) in [6.07, 6.45) is -2.71. The first-order valence-electron chi connectivity index (χ1n) is 8.55. The molecular weight excluding hydrogens is 349 g/mol. The highest BCUT2D eigenvalue weighted by Crippen LogP contribution is 2.42. The predicted molar refractivity (Wildman–Crippen MR) is 87.7 cm³/mol. The summed E-state index contributed by atoms with van der Waals surface area (Å²) in [4.78, 5) is 28.1. The number of hydrogen-bond acceptors (Lipinski definition) is 3. The summed E-state index contributed by atoms with van der Waals surface area (Å²) in [7, 11) is 1.85. The van der Waals surface area contributed by atoms with Gasteiger partial charge in [-0.1, -0.05) is 0 Å². The van der Waals surface area contributed by atoms with E-state index in [4.69, 9.17) is 0 Å². The van der Waals surface area contributed by atoms with Crippen LogP contribution in [-0.4, -0.2) is 59.5 Å². The Kier molecular flexibility index (Phi) is 4.72. The zero-order chi connectivity index (χ0) is 19.1. The van der Waals surface area contributed by atoms with E-state index in [0.29, 0.717) is 12.8 Å². The van der Waals surface area contributed by atoms with Gasteiger partial charge in [-0.15, -0.1) is 0 Å². The van der Waals surface area contributed by atoms with Crippen molar-refractivity contribution in [2.45, 2.75) is 31.5 Å². The molecule has 2 fully saturated rings. The number of piperidine rings is 2. The molecule has 3 rings (SSSR count). The fourth-order valence-electron chi connectivity index (χ4n) is 4.15. The predicted octanol–water partition coefficient (Wildman–Crippen LogP) is 2.72. The van der Waals surface area contributed by atoms with Crippen LogP contribution < -0.4 is 0 Å². The molecule has 0 saturated carbocycles. The van der Waals surface area contributed by atoms with Crippen molar-refractivity contribution in [1.29, 1.82) is 0 Å². The third-order valence-electron chi connectivity index (χ3n) is 5.70. The van der Waals surface area contributed by atoms with E-state index in [1.165, 1.54) is 12.1 Å². The Bertz CT molecular complexity index is 705. The van der Waals surface area contributed by atoms with Crippen LogP contribution in [0.2, 0.25) is 0 Å². The number of hydrogen-bond donors (Lipinski definition) is 1. The number of likely N-dealkylation sites (tertiary alicyclic amines) is 2. The summed E-state index contributed by atoms with van der Waals surface area (Å²) < 4.78 is 38.0. The number of carbonyl (C=O) groups is 2. The molecule has 8 heteroatoms. The Balaban J connectivity index is 1.79. The standard InChI is InChI=1S/C18H21F3N2O3/c1-22-9-2-7-17(16(25)26)8-10-23(11-14(17)22)15(24)12-3-5-13(6-4-12)18(19,20)21/h3-6,14H,2,7-11H2,1H3,(H,25,26)/t14-,17-/m0/s1. The minimum absolute atomic E-state index is 0.180. The van der Waals surface area contributed by atoms with Gasteiger partial charge in [-0.3, -0.25) is 9.59 Å². The van der Waals surface area contributed by atoms with Gasteiger partial charge in [0, 0.05) is 24.7 Å². The second-order valence-corrected chi connectivity index (χ2v) is 7.14. The van der Waals surface area contributed by atoms with Gasteiger partial charge in [0.1, 0.15) is 0 Å². The molecule has 142 valence electrons. The Morgan fingerprint density at radius 1 is 1.15 bits per heavy atom. The molecule has 5 nitrogen and oxygen atoms in total. The van der Waals surface area contributed by atoms with Crippen LogP contribution in [0.4, 0.5) is 13.2 Å². The lowest BCUT2D eigenvalue weighted by molar-refractivity contribution is -0.161. The Morgan fingerprint density at radius 3 is 2.38 bits per heavy atom. The lowest BCUT2D eigenvalue weighted by Crippen LogP contribution is -2.63. The number of rotatable bonds is 2. The van der Waals surface area contributed by atoms with E-state index >= 15 is 0 Å². The van der Waals surface area contributed by atoms with Gasteiger partial charge < -0.3 is 14.9 Å². The third kappa shape index (κ3) is 3.18. The minimum Gasteiger partial charge on any atom is -0.481 e. The molecule has 1 aromatic carbocycles. The highest BCUT2D eigenvalue weighted by atomic mass is 19.4. The molecular formula is C18H21F3N2O3. The molecule has 2 saturated heterocycles. The Hall–Kier alpha value is -2.09. The molecule has 0 spiro atoms. The lowest BCUT2D eigenvalue weighted by Gasteiger charge is -2.51. The Morgan fingerprint density at radius 2 is 1.81 bits per heavy atom. The maximum Gasteiger partial charge on any atom is 0.416 e. The quantitative estimate of drug-likeness (QED) is 0.870. The van der Waals surface area contributed by atoms with Gasteiger partial charge in [0.05, 0.1) is 11.0 Å². The number of carboxylic acid groups (broad SMARTS) is 1. The highest BCUT2D eigenvalue weighted by molar-refractivity contribution is 5.94. The number of halogens is 3. The van der Waals surface area contributed by atoms with Gasteiger partial charge in [0.15, 0.2) is 0 Å². The first kappa shape index (κ1) is 18.7. The maximum absolute atomic E-state index is 12.7. The van der Waals surface area contributed by atoms with Crippen LogP contribution >= 0.6 is 0 Å². The zero-order valence-electron chi connectivity index (χ0n) is 14.4. The van der Waals surface area contributed by atoms with Crippen molar-refractivity contribution in [1.82, 2.24) is 9.80 Å². The van der Waals surface area contributed by atoms with Crippen molar-refractivity contribution in [3.8, 4) is 0 Å². The number of alkyl halides is 3. The molecule has 2 aliphatic heterocycles. The fraction of sp³-hybridized carbons (Fsp3) is 0.556. The topological polar surface area (TPSA) is 60.9 Å². The second-order valence-electron chi connectivity index (χ2n) is 7.14. The summed E-state index contributed by atoms with van der Waals surface area (Å²) in [5, 5.41) is 9.75. The molecule has 1 amide bonds. The molecule has 0 radical (unpaired) electrons. The van der Waals surface area contributed by atoms with Gasteiger partial charge >= 0.3 is 12.1 Å². The molecule has 2 aliphatic rings. The van der Waals surface area contributed by atoms with Crippen LogP contribution in [-0.2, 0) is 11.0 Å². The molecule has 0 unspecified atom stereocenters. The lowest BCUT2D eigenvalue weighted by atomic mass is 9.68. The van der Waals surface area contributed by atoms with Crippen molar-refractivity contribution in [2.24, 2.45) is 5.41 Å². The summed E-state index contributed by atoms with van der Waals surface area (Å²) in [5.74, 6) is -1.20. The molecule has 0 bridgehead atoms. The summed E-state index contributed by atoms with van der Waals surface area (Å²) in [6.45, 7) is 1.32. The SMILES string of the molecule is CN1CCC[C@]2(C(=O)O)CCN(C(=O)c3ccc(C(F)(F)F)cc3)C[C@H]12. The minimum atomic E-state index is -4.45. The number of fused-ring (bicyclic) bond motifs is 1.